The van der Waals surface area contributed by atoms with Gasteiger partial charge in [0.25, 0.3) is 5.91 Å². The molecule has 0 spiro atoms. The summed E-state index contributed by atoms with van der Waals surface area (Å²) in [4.78, 5) is 14.5. The van der Waals surface area contributed by atoms with Crippen molar-refractivity contribution >= 4 is 40.5 Å². The molecule has 2 unspecified atom stereocenters. The number of rotatable bonds is 1. The van der Waals surface area contributed by atoms with Crippen molar-refractivity contribution in [3.63, 3.8) is 0 Å². The number of hydrogen-bond acceptors (Lipinski definition) is 5. The molecule has 0 fully saturated rings. The van der Waals surface area contributed by atoms with Crippen LogP contribution < -0.4 is 19.7 Å². The fraction of sp³-hybridized carbons (Fsp3) is 0.240. The van der Waals surface area contributed by atoms with Crippen LogP contribution in [0.2, 0.25) is 10.0 Å². The van der Waals surface area contributed by atoms with Crippen LogP contribution in [0.5, 0.6) is 17.2 Å². The van der Waals surface area contributed by atoms with Gasteiger partial charge in [-0.2, -0.15) is 0 Å². The number of amides is 1. The Morgan fingerprint density at radius 3 is 2.30 bits per heavy atom. The third kappa shape index (κ3) is 4.97. The number of carbonyl (C=O) groups is 1. The molecule has 8 heteroatoms. The van der Waals surface area contributed by atoms with E-state index >= 15 is 0 Å². The molecular formula is C25H24Cl2N2O4. The number of phenolic OH excluding ortho intramolecular Hbond substituents is 1. The van der Waals surface area contributed by atoms with E-state index in [2.05, 4.69) is 12.2 Å². The lowest BCUT2D eigenvalue weighted by atomic mass is 10.1. The number of fused-ring (bicyclic) bond motifs is 2. The van der Waals surface area contributed by atoms with Crippen LogP contribution in [0.1, 0.15) is 24.2 Å². The highest BCUT2D eigenvalue weighted by Crippen LogP contribution is 2.37. The van der Waals surface area contributed by atoms with Gasteiger partial charge in [-0.25, -0.2) is 0 Å². The first-order chi connectivity index (χ1) is 15.8. The molecule has 5 rings (SSSR count). The Bertz CT molecular complexity index is 1150. The summed E-state index contributed by atoms with van der Waals surface area (Å²) in [6.45, 7) is 5.17. The van der Waals surface area contributed by atoms with Crippen molar-refractivity contribution in [3.05, 3.63) is 76.3 Å². The number of ether oxygens (including phenoxy) is 2. The van der Waals surface area contributed by atoms with Gasteiger partial charge >= 0.3 is 0 Å². The molecule has 2 aliphatic heterocycles. The van der Waals surface area contributed by atoms with Crippen LogP contribution in [0, 0.1) is 0 Å². The second kappa shape index (κ2) is 9.81. The maximum atomic E-state index is 12.9. The third-order valence-electron chi connectivity index (χ3n) is 5.31. The number of hydrogen-bond donors (Lipinski definition) is 2. The van der Waals surface area contributed by atoms with Crippen LogP contribution in [-0.2, 0) is 0 Å². The molecule has 3 aromatic rings. The van der Waals surface area contributed by atoms with E-state index in [0.29, 0.717) is 29.6 Å². The number of para-hydroxylation sites is 4. The van der Waals surface area contributed by atoms with Crippen molar-refractivity contribution < 1.29 is 19.4 Å². The zero-order chi connectivity index (χ0) is 23.5. The van der Waals surface area contributed by atoms with Crippen LogP contribution >= 0.6 is 23.2 Å². The molecule has 0 saturated heterocycles. The van der Waals surface area contributed by atoms with E-state index in [4.69, 9.17) is 32.7 Å². The van der Waals surface area contributed by atoms with E-state index in [9.17, 15) is 9.90 Å². The molecule has 6 nitrogen and oxygen atoms in total. The Balaban J connectivity index is 0.000000196. The van der Waals surface area contributed by atoms with Crippen molar-refractivity contribution in [2.45, 2.75) is 25.9 Å². The number of nitrogens with one attached hydrogen (secondary N) is 1. The van der Waals surface area contributed by atoms with Crippen molar-refractivity contribution in [2.75, 3.05) is 23.4 Å². The number of nitrogens with zero attached hydrogens (tertiary/aromatic N) is 1. The molecule has 33 heavy (non-hydrogen) atoms. The largest absolute Gasteiger partial charge is 0.505 e. The number of halogens is 2. The lowest BCUT2D eigenvalue weighted by molar-refractivity contribution is 0.0961. The SMILES string of the molecule is CC1COc2ccccc2N1.CC1COc2ccccc2N1C(=O)c1cc(Cl)c(O)c(Cl)c1. The number of anilines is 2. The topological polar surface area (TPSA) is 71.0 Å². The van der Waals surface area contributed by atoms with Gasteiger partial charge in [0, 0.05) is 5.56 Å². The van der Waals surface area contributed by atoms with Crippen molar-refractivity contribution in [2.24, 2.45) is 0 Å². The lowest BCUT2D eigenvalue weighted by Crippen LogP contribution is -2.45. The van der Waals surface area contributed by atoms with E-state index < -0.39 is 0 Å². The maximum absolute atomic E-state index is 12.9. The molecule has 0 radical (unpaired) electrons. The Morgan fingerprint density at radius 2 is 1.58 bits per heavy atom. The minimum Gasteiger partial charge on any atom is -0.505 e. The number of carbonyl (C=O) groups excluding carboxylic acids is 1. The fourth-order valence-electron chi connectivity index (χ4n) is 3.67. The molecule has 2 aliphatic rings. The van der Waals surface area contributed by atoms with Gasteiger partial charge < -0.3 is 19.9 Å². The maximum Gasteiger partial charge on any atom is 0.258 e. The monoisotopic (exact) mass is 486 g/mol. The van der Waals surface area contributed by atoms with Crippen LogP contribution in [-0.4, -0.2) is 36.3 Å². The molecule has 0 bridgehead atoms. The van der Waals surface area contributed by atoms with Crippen molar-refractivity contribution in [3.8, 4) is 17.2 Å². The summed E-state index contributed by atoms with van der Waals surface area (Å²) in [6.07, 6.45) is 0. The zero-order valence-electron chi connectivity index (χ0n) is 18.2. The Hall–Kier alpha value is -3.09. The van der Waals surface area contributed by atoms with Gasteiger partial charge in [-0.05, 0) is 50.2 Å². The van der Waals surface area contributed by atoms with Crippen LogP contribution in [0.4, 0.5) is 11.4 Å². The Morgan fingerprint density at radius 1 is 0.970 bits per heavy atom. The first-order valence-electron chi connectivity index (χ1n) is 10.6. The summed E-state index contributed by atoms with van der Waals surface area (Å²) in [7, 11) is 0. The third-order valence-corrected chi connectivity index (χ3v) is 5.88. The summed E-state index contributed by atoms with van der Waals surface area (Å²) in [5.74, 6) is 1.15. The van der Waals surface area contributed by atoms with Crippen LogP contribution in [0.3, 0.4) is 0 Å². The predicted octanol–water partition coefficient (Wildman–Crippen LogP) is 6.01. The highest BCUT2D eigenvalue weighted by atomic mass is 35.5. The molecular weight excluding hydrogens is 463 g/mol. The molecule has 172 valence electrons. The smallest absolute Gasteiger partial charge is 0.258 e. The highest BCUT2D eigenvalue weighted by Gasteiger charge is 2.30. The molecule has 0 aliphatic carbocycles. The van der Waals surface area contributed by atoms with Gasteiger partial charge in [0.1, 0.15) is 24.7 Å². The average molecular weight is 487 g/mol. The van der Waals surface area contributed by atoms with Gasteiger partial charge in [-0.3, -0.25) is 9.69 Å². The molecule has 1 amide bonds. The van der Waals surface area contributed by atoms with Gasteiger partial charge in [0.05, 0.1) is 33.5 Å². The van der Waals surface area contributed by atoms with E-state index in [1.807, 2.05) is 55.5 Å². The number of aromatic hydroxyl groups is 1. The average Bonchev–Trinajstić information content (AvgIpc) is 2.82. The zero-order valence-corrected chi connectivity index (χ0v) is 19.7. The second-order valence-electron chi connectivity index (χ2n) is 7.94. The normalized spacial score (nSPS) is 18.4. The summed E-state index contributed by atoms with van der Waals surface area (Å²) in [5.41, 5.74) is 2.12. The quantitative estimate of drug-likeness (QED) is 0.440. The summed E-state index contributed by atoms with van der Waals surface area (Å²) >= 11 is 11.8. The van der Waals surface area contributed by atoms with Gasteiger partial charge in [0.15, 0.2) is 5.75 Å². The van der Waals surface area contributed by atoms with Gasteiger partial charge in [0.2, 0.25) is 0 Å². The molecule has 0 aromatic heterocycles. The molecule has 0 saturated carbocycles. The van der Waals surface area contributed by atoms with E-state index in [-0.39, 0.29) is 27.7 Å². The first kappa shape index (κ1) is 23.1. The summed E-state index contributed by atoms with van der Waals surface area (Å²) in [6, 6.07) is 18.5. The Labute approximate surface area is 202 Å². The molecule has 2 N–H and O–H groups in total. The highest BCUT2D eigenvalue weighted by molar-refractivity contribution is 6.37. The molecule has 3 aromatic carbocycles. The number of benzene rings is 3. The van der Waals surface area contributed by atoms with E-state index in [1.54, 1.807) is 4.90 Å². The van der Waals surface area contributed by atoms with E-state index in [1.165, 1.54) is 12.1 Å². The minimum absolute atomic E-state index is 0.0463. The minimum atomic E-state index is -0.243. The van der Waals surface area contributed by atoms with Crippen molar-refractivity contribution in [1.82, 2.24) is 0 Å². The lowest BCUT2D eigenvalue weighted by Gasteiger charge is -2.35. The molecule has 2 atom stereocenters. The second-order valence-corrected chi connectivity index (χ2v) is 8.76. The first-order valence-corrected chi connectivity index (χ1v) is 11.3. The van der Waals surface area contributed by atoms with Gasteiger partial charge in [-0.15, -0.1) is 0 Å². The van der Waals surface area contributed by atoms with Gasteiger partial charge in [-0.1, -0.05) is 47.5 Å². The van der Waals surface area contributed by atoms with Crippen molar-refractivity contribution in [1.29, 1.82) is 0 Å². The van der Waals surface area contributed by atoms with E-state index in [0.717, 1.165) is 18.0 Å². The number of phenols is 1. The summed E-state index contributed by atoms with van der Waals surface area (Å²) in [5, 5.41) is 13.1. The standard InChI is InChI=1S/C16H13Cl2NO3.C9H11NO/c1-9-8-22-14-5-3-2-4-13(14)19(9)16(21)10-6-11(17)15(20)12(18)7-10;1-7-6-11-9-5-3-2-4-8(9)10-7/h2-7,9,20H,8H2,1H3;2-5,7,10H,6H2,1H3. The van der Waals surface area contributed by atoms with Crippen LogP contribution in [0.15, 0.2) is 60.7 Å². The van der Waals surface area contributed by atoms with Crippen LogP contribution in [0.25, 0.3) is 0 Å². The summed E-state index contributed by atoms with van der Waals surface area (Å²) < 4.78 is 11.1. The molecule has 2 heterocycles. The predicted molar refractivity (Wildman–Crippen MR) is 131 cm³/mol. The fourth-order valence-corrected chi connectivity index (χ4v) is 4.16. The Kier molecular flexibility index (Phi) is 6.86.